The van der Waals surface area contributed by atoms with E-state index >= 15 is 0 Å². The maximum atomic E-state index is 9.39. The zero-order valence-corrected chi connectivity index (χ0v) is 12.5. The molecule has 1 aliphatic carbocycles. The smallest absolute Gasteiger partial charge is 0.187 e. The van der Waals surface area contributed by atoms with Crippen LogP contribution >= 0.6 is 11.8 Å². The van der Waals surface area contributed by atoms with Crippen molar-refractivity contribution in [3.8, 4) is 6.07 Å². The SMILES string of the molecule is N#CC1CCC(c2ccccc2)CC1Sc1ncccn1. The Morgan fingerprint density at radius 1 is 1.05 bits per heavy atom. The molecule has 0 N–H and O–H groups in total. The second kappa shape index (κ2) is 6.73. The summed E-state index contributed by atoms with van der Waals surface area (Å²) in [7, 11) is 0. The number of nitrogens with zero attached hydrogens (tertiary/aromatic N) is 3. The summed E-state index contributed by atoms with van der Waals surface area (Å²) >= 11 is 1.65. The number of benzene rings is 1. The third-order valence-electron chi connectivity index (χ3n) is 4.03. The van der Waals surface area contributed by atoms with Gasteiger partial charge in [-0.15, -0.1) is 0 Å². The standard InChI is InChI=1S/C17H17N3S/c18-12-15-8-7-14(13-5-2-1-3-6-13)11-16(15)21-17-19-9-4-10-20-17/h1-6,9-10,14-16H,7-8,11H2. The van der Waals surface area contributed by atoms with Gasteiger partial charge in [0.25, 0.3) is 0 Å². The van der Waals surface area contributed by atoms with Crippen LogP contribution in [0.1, 0.15) is 30.7 Å². The summed E-state index contributed by atoms with van der Waals surface area (Å²) in [6.45, 7) is 0. The van der Waals surface area contributed by atoms with E-state index in [-0.39, 0.29) is 11.2 Å². The van der Waals surface area contributed by atoms with Gasteiger partial charge in [0.15, 0.2) is 5.16 Å². The average Bonchev–Trinajstić information content (AvgIpc) is 2.56. The Morgan fingerprint density at radius 2 is 1.81 bits per heavy atom. The molecule has 21 heavy (non-hydrogen) atoms. The Bertz CT molecular complexity index is 609. The predicted molar refractivity (Wildman–Crippen MR) is 83.8 cm³/mol. The van der Waals surface area contributed by atoms with Gasteiger partial charge in [-0.25, -0.2) is 9.97 Å². The minimum Gasteiger partial charge on any atom is -0.231 e. The lowest BCUT2D eigenvalue weighted by atomic mass is 9.79. The number of thioether (sulfide) groups is 1. The van der Waals surface area contributed by atoms with Crippen LogP contribution in [-0.4, -0.2) is 15.2 Å². The molecule has 2 aromatic rings. The molecule has 3 rings (SSSR count). The first kappa shape index (κ1) is 14.1. The van der Waals surface area contributed by atoms with Crippen molar-refractivity contribution < 1.29 is 0 Å². The molecule has 1 aromatic carbocycles. The normalized spacial score (nSPS) is 25.2. The van der Waals surface area contributed by atoms with Crippen molar-refractivity contribution in [3.05, 3.63) is 54.4 Å². The van der Waals surface area contributed by atoms with Gasteiger partial charge in [0, 0.05) is 17.6 Å². The van der Waals surface area contributed by atoms with Crippen molar-refractivity contribution in [2.24, 2.45) is 5.92 Å². The second-order valence-electron chi connectivity index (χ2n) is 5.34. The quantitative estimate of drug-likeness (QED) is 0.802. The van der Waals surface area contributed by atoms with E-state index in [0.717, 1.165) is 24.4 Å². The van der Waals surface area contributed by atoms with Crippen molar-refractivity contribution in [1.82, 2.24) is 9.97 Å². The summed E-state index contributed by atoms with van der Waals surface area (Å²) in [5, 5.41) is 10.4. The minimum atomic E-state index is 0.0961. The lowest BCUT2D eigenvalue weighted by molar-refractivity contribution is 0.393. The summed E-state index contributed by atoms with van der Waals surface area (Å²) in [5.74, 6) is 0.635. The Morgan fingerprint density at radius 3 is 2.52 bits per heavy atom. The molecule has 1 saturated carbocycles. The van der Waals surface area contributed by atoms with E-state index < -0.39 is 0 Å². The largest absolute Gasteiger partial charge is 0.231 e. The van der Waals surface area contributed by atoms with Crippen LogP contribution < -0.4 is 0 Å². The number of hydrogen-bond donors (Lipinski definition) is 0. The van der Waals surface area contributed by atoms with E-state index in [2.05, 4.69) is 46.4 Å². The predicted octanol–water partition coefficient (Wildman–Crippen LogP) is 4.04. The lowest BCUT2D eigenvalue weighted by Gasteiger charge is -2.32. The summed E-state index contributed by atoms with van der Waals surface area (Å²) < 4.78 is 0. The first-order valence-corrected chi connectivity index (χ1v) is 8.13. The third kappa shape index (κ3) is 3.43. The molecule has 1 fully saturated rings. The van der Waals surface area contributed by atoms with E-state index in [1.165, 1.54) is 5.56 Å². The summed E-state index contributed by atoms with van der Waals surface area (Å²) in [4.78, 5) is 8.56. The Labute approximate surface area is 129 Å². The van der Waals surface area contributed by atoms with E-state index in [0.29, 0.717) is 5.92 Å². The molecule has 1 aliphatic rings. The first-order chi connectivity index (χ1) is 10.4. The van der Waals surface area contributed by atoms with Gasteiger partial charge in [-0.3, -0.25) is 0 Å². The topological polar surface area (TPSA) is 49.6 Å². The molecular weight excluding hydrogens is 278 g/mol. The Hall–Kier alpha value is -1.86. The molecule has 0 aliphatic heterocycles. The van der Waals surface area contributed by atoms with E-state index in [1.54, 1.807) is 24.2 Å². The van der Waals surface area contributed by atoms with Crippen LogP contribution in [0.3, 0.4) is 0 Å². The van der Waals surface area contributed by atoms with Crippen LogP contribution in [0, 0.1) is 17.2 Å². The van der Waals surface area contributed by atoms with Crippen LogP contribution in [0.2, 0.25) is 0 Å². The number of nitriles is 1. The van der Waals surface area contributed by atoms with Crippen LogP contribution in [0.4, 0.5) is 0 Å². The minimum absolute atomic E-state index is 0.0961. The monoisotopic (exact) mass is 295 g/mol. The van der Waals surface area contributed by atoms with Gasteiger partial charge in [0.1, 0.15) is 0 Å². The fourth-order valence-corrected chi connectivity index (χ4v) is 4.12. The summed E-state index contributed by atoms with van der Waals surface area (Å²) in [6.07, 6.45) is 6.59. The van der Waals surface area contributed by atoms with E-state index in [9.17, 15) is 5.26 Å². The van der Waals surface area contributed by atoms with Crippen LogP contribution in [-0.2, 0) is 0 Å². The molecule has 0 bridgehead atoms. The van der Waals surface area contributed by atoms with Gasteiger partial charge in [0.2, 0.25) is 0 Å². The van der Waals surface area contributed by atoms with Crippen molar-refractivity contribution in [1.29, 1.82) is 5.26 Å². The maximum absolute atomic E-state index is 9.39. The molecule has 106 valence electrons. The Kier molecular flexibility index (Phi) is 4.52. The van der Waals surface area contributed by atoms with Gasteiger partial charge in [-0.2, -0.15) is 5.26 Å². The van der Waals surface area contributed by atoms with Gasteiger partial charge in [0.05, 0.1) is 12.0 Å². The van der Waals surface area contributed by atoms with Crippen molar-refractivity contribution in [2.75, 3.05) is 0 Å². The summed E-state index contributed by atoms with van der Waals surface area (Å²) in [5.41, 5.74) is 1.38. The lowest BCUT2D eigenvalue weighted by Crippen LogP contribution is -2.25. The van der Waals surface area contributed by atoms with Crippen molar-refractivity contribution in [3.63, 3.8) is 0 Å². The Balaban J connectivity index is 1.75. The molecular formula is C17H17N3S. The van der Waals surface area contributed by atoms with Crippen molar-refractivity contribution >= 4 is 11.8 Å². The maximum Gasteiger partial charge on any atom is 0.187 e. The second-order valence-corrected chi connectivity index (χ2v) is 6.55. The molecule has 0 spiro atoms. The van der Waals surface area contributed by atoms with E-state index in [1.807, 2.05) is 6.07 Å². The fraction of sp³-hybridized carbons (Fsp3) is 0.353. The highest BCUT2D eigenvalue weighted by Crippen LogP contribution is 2.42. The van der Waals surface area contributed by atoms with Gasteiger partial charge < -0.3 is 0 Å². The molecule has 0 radical (unpaired) electrons. The molecule has 1 heterocycles. The number of rotatable bonds is 3. The molecule has 3 unspecified atom stereocenters. The average molecular weight is 295 g/mol. The van der Waals surface area contributed by atoms with Crippen LogP contribution in [0.5, 0.6) is 0 Å². The third-order valence-corrected chi connectivity index (χ3v) is 5.27. The van der Waals surface area contributed by atoms with Gasteiger partial charge >= 0.3 is 0 Å². The molecule has 1 aromatic heterocycles. The molecule has 0 amide bonds. The first-order valence-electron chi connectivity index (χ1n) is 7.25. The van der Waals surface area contributed by atoms with Crippen LogP contribution in [0.25, 0.3) is 0 Å². The zero-order chi connectivity index (χ0) is 14.5. The van der Waals surface area contributed by atoms with Gasteiger partial charge in [-0.05, 0) is 36.8 Å². The number of aromatic nitrogens is 2. The fourth-order valence-electron chi connectivity index (χ4n) is 2.92. The highest BCUT2D eigenvalue weighted by molar-refractivity contribution is 7.99. The zero-order valence-electron chi connectivity index (χ0n) is 11.7. The molecule has 0 saturated heterocycles. The summed E-state index contributed by atoms with van der Waals surface area (Å²) in [6, 6.07) is 14.9. The molecule has 3 nitrogen and oxygen atoms in total. The highest BCUT2D eigenvalue weighted by atomic mass is 32.2. The molecule has 3 atom stereocenters. The number of hydrogen-bond acceptors (Lipinski definition) is 4. The van der Waals surface area contributed by atoms with Crippen LogP contribution in [0.15, 0.2) is 53.9 Å². The highest BCUT2D eigenvalue weighted by Gasteiger charge is 2.32. The van der Waals surface area contributed by atoms with E-state index in [4.69, 9.17) is 0 Å². The molecule has 4 heteroatoms. The van der Waals surface area contributed by atoms with Gasteiger partial charge in [-0.1, -0.05) is 42.1 Å². The van der Waals surface area contributed by atoms with Crippen molar-refractivity contribution in [2.45, 2.75) is 35.6 Å².